The summed E-state index contributed by atoms with van der Waals surface area (Å²) in [5.41, 5.74) is 7.10. The summed E-state index contributed by atoms with van der Waals surface area (Å²) in [6, 6.07) is 7.61. The lowest BCUT2D eigenvalue weighted by Crippen LogP contribution is -2.38. The van der Waals surface area contributed by atoms with Crippen molar-refractivity contribution in [2.24, 2.45) is 22.7 Å². The second kappa shape index (κ2) is 5.76. The van der Waals surface area contributed by atoms with E-state index in [1.54, 1.807) is 12.1 Å². The van der Waals surface area contributed by atoms with Crippen molar-refractivity contribution in [1.29, 1.82) is 0 Å². The zero-order valence-electron chi connectivity index (χ0n) is 12.0. The van der Waals surface area contributed by atoms with Crippen LogP contribution < -0.4 is 11.1 Å². The van der Waals surface area contributed by atoms with Crippen molar-refractivity contribution in [3.05, 3.63) is 35.4 Å². The number of carbonyl (C=O) groups is 1. The van der Waals surface area contributed by atoms with Gasteiger partial charge < -0.3 is 16.3 Å². The van der Waals surface area contributed by atoms with Crippen LogP contribution in [0, 0.1) is 11.8 Å². The van der Waals surface area contributed by atoms with Crippen LogP contribution in [0.3, 0.4) is 0 Å². The summed E-state index contributed by atoms with van der Waals surface area (Å²) in [5, 5.41) is 14.8. The number of nitrogens with zero attached hydrogens (tertiary/aromatic N) is 1. The summed E-state index contributed by atoms with van der Waals surface area (Å²) in [6.07, 6.45) is 5.42. The monoisotopic (exact) mass is 287 g/mol. The van der Waals surface area contributed by atoms with Crippen LogP contribution in [0.4, 0.5) is 0 Å². The molecule has 0 atom stereocenters. The topological polar surface area (TPSA) is 87.7 Å². The van der Waals surface area contributed by atoms with E-state index in [0.29, 0.717) is 29.9 Å². The molecule has 1 aromatic rings. The second-order valence-corrected chi connectivity index (χ2v) is 6.13. The predicted octanol–water partition coefficient (Wildman–Crippen LogP) is 1.63. The minimum absolute atomic E-state index is 0.0773. The van der Waals surface area contributed by atoms with Crippen LogP contribution >= 0.6 is 0 Å². The van der Waals surface area contributed by atoms with E-state index in [0.717, 1.165) is 5.56 Å². The summed E-state index contributed by atoms with van der Waals surface area (Å²) in [4.78, 5) is 12.2. The fourth-order valence-electron chi connectivity index (χ4n) is 2.80. The highest BCUT2D eigenvalue weighted by Crippen LogP contribution is 2.44. The van der Waals surface area contributed by atoms with E-state index in [1.807, 2.05) is 12.1 Å². The molecule has 2 aliphatic rings. The van der Waals surface area contributed by atoms with Gasteiger partial charge in [-0.05, 0) is 43.1 Å². The molecule has 112 valence electrons. The number of amides is 1. The Kier molecular flexibility index (Phi) is 3.82. The number of nitrogens with one attached hydrogen (secondary N) is 1. The van der Waals surface area contributed by atoms with Gasteiger partial charge in [-0.25, -0.2) is 0 Å². The molecule has 0 aliphatic heterocycles. The van der Waals surface area contributed by atoms with Gasteiger partial charge in [-0.2, -0.15) is 0 Å². The van der Waals surface area contributed by atoms with Crippen LogP contribution in [-0.2, 0) is 11.2 Å². The van der Waals surface area contributed by atoms with Gasteiger partial charge in [0.1, 0.15) is 0 Å². The Hall–Kier alpha value is -2.04. The van der Waals surface area contributed by atoms with Crippen LogP contribution in [0.5, 0.6) is 0 Å². The van der Waals surface area contributed by atoms with Crippen LogP contribution in [-0.4, -0.2) is 23.0 Å². The van der Waals surface area contributed by atoms with Crippen molar-refractivity contribution in [1.82, 2.24) is 5.32 Å². The van der Waals surface area contributed by atoms with E-state index in [-0.39, 0.29) is 11.7 Å². The zero-order valence-corrected chi connectivity index (χ0v) is 12.0. The van der Waals surface area contributed by atoms with Gasteiger partial charge in [-0.15, -0.1) is 0 Å². The number of nitrogens with two attached hydrogens (primary N) is 1. The Morgan fingerprint density at radius 3 is 2.29 bits per heavy atom. The summed E-state index contributed by atoms with van der Waals surface area (Å²) in [6.45, 7) is 0. The summed E-state index contributed by atoms with van der Waals surface area (Å²) >= 11 is 0. The van der Waals surface area contributed by atoms with Crippen LogP contribution in [0.2, 0.25) is 0 Å². The molecule has 21 heavy (non-hydrogen) atoms. The molecule has 2 aliphatic carbocycles. The Morgan fingerprint density at radius 2 is 1.81 bits per heavy atom. The number of hydrogen-bond donors (Lipinski definition) is 3. The molecule has 0 bridgehead atoms. The molecule has 0 unspecified atom stereocenters. The Balaban J connectivity index is 1.56. The lowest BCUT2D eigenvalue weighted by atomic mass is 10.1. The first-order chi connectivity index (χ1) is 10.2. The molecule has 5 heteroatoms. The van der Waals surface area contributed by atoms with Gasteiger partial charge in [-0.1, -0.05) is 29.4 Å². The second-order valence-electron chi connectivity index (χ2n) is 6.13. The summed E-state index contributed by atoms with van der Waals surface area (Å²) in [5.74, 6) is 1.60. The minimum atomic E-state index is 0.0773. The number of oxime groups is 1. The molecule has 0 radical (unpaired) electrons. The maximum atomic E-state index is 12.2. The maximum absolute atomic E-state index is 12.2. The molecule has 0 spiro atoms. The Bertz CT molecular complexity index is 533. The van der Waals surface area contributed by atoms with Crippen molar-refractivity contribution < 1.29 is 10.0 Å². The molecule has 0 heterocycles. The lowest BCUT2D eigenvalue weighted by Gasteiger charge is -2.17. The molecule has 1 aromatic carbocycles. The molecular formula is C16H21N3O2. The molecule has 0 saturated heterocycles. The fourth-order valence-corrected chi connectivity index (χ4v) is 2.80. The van der Waals surface area contributed by atoms with Gasteiger partial charge in [0, 0.05) is 11.6 Å². The van der Waals surface area contributed by atoms with E-state index in [9.17, 15) is 4.79 Å². The van der Waals surface area contributed by atoms with Crippen LogP contribution in [0.25, 0.3) is 0 Å². The van der Waals surface area contributed by atoms with E-state index in [1.165, 1.54) is 25.7 Å². The predicted molar refractivity (Wildman–Crippen MR) is 80.0 cm³/mol. The molecule has 2 fully saturated rings. The average Bonchev–Trinajstić information content (AvgIpc) is 3.38. The SMILES string of the molecule is NC(=NO)c1ccc(CC(=O)NC(C2CC2)C2CC2)cc1. The maximum Gasteiger partial charge on any atom is 0.224 e. The molecule has 3 rings (SSSR count). The van der Waals surface area contributed by atoms with Crippen LogP contribution in [0.1, 0.15) is 36.8 Å². The van der Waals surface area contributed by atoms with Crippen LogP contribution in [0.15, 0.2) is 29.4 Å². The van der Waals surface area contributed by atoms with Gasteiger partial charge in [0.15, 0.2) is 5.84 Å². The quantitative estimate of drug-likeness (QED) is 0.321. The first kappa shape index (κ1) is 13.9. The molecule has 5 nitrogen and oxygen atoms in total. The molecule has 0 aromatic heterocycles. The summed E-state index contributed by atoms with van der Waals surface area (Å²) in [7, 11) is 0. The largest absolute Gasteiger partial charge is 0.409 e. The van der Waals surface area contributed by atoms with Gasteiger partial charge in [-0.3, -0.25) is 4.79 Å². The Labute approximate surface area is 124 Å². The highest BCUT2D eigenvalue weighted by atomic mass is 16.4. The number of rotatable bonds is 6. The molecule has 1 amide bonds. The third-order valence-corrected chi connectivity index (χ3v) is 4.31. The van der Waals surface area contributed by atoms with Crippen molar-refractivity contribution in [3.8, 4) is 0 Å². The molecule has 2 saturated carbocycles. The number of benzene rings is 1. The van der Waals surface area contributed by atoms with E-state index in [2.05, 4.69) is 10.5 Å². The van der Waals surface area contributed by atoms with E-state index >= 15 is 0 Å². The van der Waals surface area contributed by atoms with Gasteiger partial charge in [0.25, 0.3) is 0 Å². The highest BCUT2D eigenvalue weighted by Gasteiger charge is 2.42. The smallest absolute Gasteiger partial charge is 0.224 e. The number of hydrogen-bond acceptors (Lipinski definition) is 3. The third-order valence-electron chi connectivity index (χ3n) is 4.31. The first-order valence-corrected chi connectivity index (χ1v) is 7.53. The fraction of sp³-hybridized carbons (Fsp3) is 0.500. The van der Waals surface area contributed by atoms with E-state index < -0.39 is 0 Å². The van der Waals surface area contributed by atoms with Crippen molar-refractivity contribution in [2.45, 2.75) is 38.1 Å². The number of amidine groups is 1. The normalized spacial score (nSPS) is 18.8. The standard InChI is InChI=1S/C16H21N3O2/c17-16(19-21)13-3-1-10(2-4-13)9-14(20)18-15(11-5-6-11)12-7-8-12/h1-4,11-12,15,21H,5-9H2,(H2,17,19)(H,18,20). The zero-order chi connectivity index (χ0) is 14.8. The van der Waals surface area contributed by atoms with Gasteiger partial charge in [0.05, 0.1) is 6.42 Å². The highest BCUT2D eigenvalue weighted by molar-refractivity contribution is 5.97. The van der Waals surface area contributed by atoms with Crippen molar-refractivity contribution >= 4 is 11.7 Å². The van der Waals surface area contributed by atoms with Crippen molar-refractivity contribution in [3.63, 3.8) is 0 Å². The molecule has 4 N–H and O–H groups in total. The van der Waals surface area contributed by atoms with E-state index in [4.69, 9.17) is 10.9 Å². The number of carbonyl (C=O) groups excluding carboxylic acids is 1. The molecular weight excluding hydrogens is 266 g/mol. The summed E-state index contributed by atoms with van der Waals surface area (Å²) < 4.78 is 0. The Morgan fingerprint density at radius 1 is 1.24 bits per heavy atom. The van der Waals surface area contributed by atoms with Gasteiger partial charge >= 0.3 is 0 Å². The van der Waals surface area contributed by atoms with Crippen molar-refractivity contribution in [2.75, 3.05) is 0 Å². The van der Waals surface area contributed by atoms with Gasteiger partial charge in [0.2, 0.25) is 5.91 Å². The third kappa shape index (κ3) is 3.54. The lowest BCUT2D eigenvalue weighted by molar-refractivity contribution is -0.121. The minimum Gasteiger partial charge on any atom is -0.409 e. The first-order valence-electron chi connectivity index (χ1n) is 7.53. The average molecular weight is 287 g/mol.